The van der Waals surface area contributed by atoms with Gasteiger partial charge in [-0.2, -0.15) is 0 Å². The highest BCUT2D eigenvalue weighted by Gasteiger charge is 2.21. The van der Waals surface area contributed by atoms with Crippen molar-refractivity contribution in [1.82, 2.24) is 0 Å². The summed E-state index contributed by atoms with van der Waals surface area (Å²) in [5, 5.41) is 0. The summed E-state index contributed by atoms with van der Waals surface area (Å²) in [6.07, 6.45) is 0. The lowest BCUT2D eigenvalue weighted by atomic mass is 10.1. The molecule has 0 spiro atoms. The Bertz CT molecular complexity index is 1260. The summed E-state index contributed by atoms with van der Waals surface area (Å²) in [6, 6.07) is 17.1. The number of hydrogen-bond donors (Lipinski definition) is 1. The van der Waals surface area contributed by atoms with E-state index in [1.165, 1.54) is 30.3 Å². The molecule has 172 valence electrons. The number of hydrogen-bond acceptors (Lipinski definition) is 6. The summed E-state index contributed by atoms with van der Waals surface area (Å²) in [5.41, 5.74) is 0.855. The van der Waals surface area contributed by atoms with Crippen LogP contribution in [-0.4, -0.2) is 33.4 Å². The van der Waals surface area contributed by atoms with Crippen LogP contribution in [-0.2, 0) is 14.8 Å². The van der Waals surface area contributed by atoms with Crippen molar-refractivity contribution in [3.63, 3.8) is 0 Å². The molecule has 0 radical (unpaired) electrons. The van der Waals surface area contributed by atoms with Gasteiger partial charge in [-0.25, -0.2) is 13.2 Å². The number of halogens is 2. The number of sulfonamides is 1. The lowest BCUT2D eigenvalue weighted by Gasteiger charge is -2.13. The third kappa shape index (κ3) is 6.66. The van der Waals surface area contributed by atoms with Gasteiger partial charge < -0.3 is 9.47 Å². The lowest BCUT2D eigenvalue weighted by Crippen LogP contribution is -2.15. The number of benzene rings is 3. The summed E-state index contributed by atoms with van der Waals surface area (Å²) in [7, 11) is -3.95. The Morgan fingerprint density at radius 3 is 2.12 bits per heavy atom. The molecule has 0 heterocycles. The van der Waals surface area contributed by atoms with E-state index in [0.29, 0.717) is 16.6 Å². The second-order valence-corrected chi connectivity index (χ2v) is 10.2. The predicted octanol–water partition coefficient (Wildman–Crippen LogP) is 5.45. The molecular weight excluding hydrogens is 578 g/mol. The van der Waals surface area contributed by atoms with Gasteiger partial charge >= 0.3 is 5.97 Å². The molecule has 0 saturated heterocycles. The Morgan fingerprint density at radius 1 is 0.879 bits per heavy atom. The summed E-state index contributed by atoms with van der Waals surface area (Å²) in [6.45, 7) is 1.67. The first-order chi connectivity index (χ1) is 15.7. The Hall–Kier alpha value is -2.69. The van der Waals surface area contributed by atoms with Crippen LogP contribution in [0.5, 0.6) is 5.75 Å². The molecule has 0 atom stereocenters. The highest BCUT2D eigenvalue weighted by molar-refractivity contribution is 9.10. The predicted molar refractivity (Wildman–Crippen MR) is 131 cm³/mol. The maximum Gasteiger partial charge on any atom is 0.338 e. The van der Waals surface area contributed by atoms with Crippen molar-refractivity contribution in [2.24, 2.45) is 0 Å². The monoisotopic (exact) mass is 595 g/mol. The first-order valence-electron chi connectivity index (χ1n) is 9.70. The highest BCUT2D eigenvalue weighted by atomic mass is 79.9. The molecule has 0 unspecified atom stereocenters. The van der Waals surface area contributed by atoms with E-state index in [1.54, 1.807) is 43.3 Å². The van der Waals surface area contributed by atoms with Crippen LogP contribution in [0.1, 0.15) is 27.6 Å². The smallest absolute Gasteiger partial charge is 0.338 e. The number of anilines is 1. The summed E-state index contributed by atoms with van der Waals surface area (Å²) >= 11 is 6.56. The zero-order chi connectivity index (χ0) is 24.0. The quantitative estimate of drug-likeness (QED) is 0.260. The van der Waals surface area contributed by atoms with Crippen LogP contribution in [0.2, 0.25) is 0 Å². The molecule has 33 heavy (non-hydrogen) atoms. The minimum Gasteiger partial charge on any atom is -0.492 e. The standard InChI is InChI=1S/C23H19Br2NO6S/c1-2-31-21-12-9-18(25)13-22(21)33(29,30)26-19-10-5-16(6-11-19)23(28)32-14-20(27)15-3-7-17(24)8-4-15/h3-13,26H,2,14H2,1H3. The van der Waals surface area contributed by atoms with E-state index in [-0.39, 0.29) is 27.7 Å². The number of esters is 1. The van der Waals surface area contributed by atoms with Crippen molar-refractivity contribution in [1.29, 1.82) is 0 Å². The van der Waals surface area contributed by atoms with Crippen molar-refractivity contribution in [3.8, 4) is 5.75 Å². The fraction of sp³-hybridized carbons (Fsp3) is 0.130. The van der Waals surface area contributed by atoms with Crippen LogP contribution in [0.15, 0.2) is 80.6 Å². The molecule has 0 aromatic heterocycles. The van der Waals surface area contributed by atoms with Crippen LogP contribution >= 0.6 is 31.9 Å². The molecule has 0 amide bonds. The van der Waals surface area contributed by atoms with Crippen molar-refractivity contribution in [3.05, 3.63) is 86.8 Å². The summed E-state index contributed by atoms with van der Waals surface area (Å²) < 4.78 is 40.1. The SMILES string of the molecule is CCOc1ccc(Br)cc1S(=O)(=O)Nc1ccc(C(=O)OCC(=O)c2ccc(Br)cc2)cc1. The van der Waals surface area contributed by atoms with E-state index >= 15 is 0 Å². The maximum atomic E-state index is 12.9. The van der Waals surface area contributed by atoms with Crippen molar-refractivity contribution in [2.45, 2.75) is 11.8 Å². The number of carbonyl (C=O) groups is 2. The maximum absolute atomic E-state index is 12.9. The normalized spacial score (nSPS) is 11.0. The molecule has 0 aliphatic rings. The van der Waals surface area contributed by atoms with Gasteiger partial charge in [0.15, 0.2) is 12.4 Å². The van der Waals surface area contributed by atoms with E-state index in [4.69, 9.17) is 9.47 Å². The number of Topliss-reactive ketones (excluding diaryl/α,β-unsaturated/α-hetero) is 1. The first kappa shape index (κ1) is 24.9. The molecule has 7 nitrogen and oxygen atoms in total. The minimum absolute atomic E-state index is 0.0198. The molecule has 1 N–H and O–H groups in total. The lowest BCUT2D eigenvalue weighted by molar-refractivity contribution is 0.0475. The molecule has 0 aliphatic carbocycles. The highest BCUT2D eigenvalue weighted by Crippen LogP contribution is 2.29. The Balaban J connectivity index is 1.66. The average molecular weight is 597 g/mol. The zero-order valence-corrected chi connectivity index (χ0v) is 21.4. The van der Waals surface area contributed by atoms with Gasteiger partial charge in [0.2, 0.25) is 0 Å². The van der Waals surface area contributed by atoms with Gasteiger partial charge in [-0.05, 0) is 61.5 Å². The molecule has 0 fully saturated rings. The van der Waals surface area contributed by atoms with Crippen molar-refractivity contribution < 1.29 is 27.5 Å². The third-order valence-electron chi connectivity index (χ3n) is 4.37. The van der Waals surface area contributed by atoms with Crippen molar-refractivity contribution >= 4 is 59.3 Å². The van der Waals surface area contributed by atoms with Gasteiger partial charge in [0.25, 0.3) is 10.0 Å². The molecular formula is C23H19Br2NO6S. The minimum atomic E-state index is -3.95. The fourth-order valence-corrected chi connectivity index (χ4v) is 4.79. The van der Waals surface area contributed by atoms with Crippen molar-refractivity contribution in [2.75, 3.05) is 17.9 Å². The van der Waals surface area contributed by atoms with Crippen LogP contribution in [0.4, 0.5) is 5.69 Å². The number of ether oxygens (including phenoxy) is 2. The number of carbonyl (C=O) groups excluding carboxylic acids is 2. The van der Waals surface area contributed by atoms with Crippen LogP contribution < -0.4 is 9.46 Å². The molecule has 3 rings (SSSR count). The van der Waals surface area contributed by atoms with E-state index in [2.05, 4.69) is 36.6 Å². The van der Waals surface area contributed by atoms with Gasteiger partial charge in [0.1, 0.15) is 10.6 Å². The topological polar surface area (TPSA) is 98.8 Å². The van der Waals surface area contributed by atoms with Gasteiger partial charge in [-0.1, -0.05) is 44.0 Å². The largest absolute Gasteiger partial charge is 0.492 e. The van der Waals surface area contributed by atoms with E-state index < -0.39 is 22.6 Å². The second-order valence-electron chi connectivity index (χ2n) is 6.71. The molecule has 0 bridgehead atoms. The average Bonchev–Trinajstić information content (AvgIpc) is 2.79. The van der Waals surface area contributed by atoms with Gasteiger partial charge in [0.05, 0.1) is 12.2 Å². The Morgan fingerprint density at radius 2 is 1.48 bits per heavy atom. The number of nitrogens with one attached hydrogen (secondary N) is 1. The number of ketones is 1. The van der Waals surface area contributed by atoms with E-state index in [0.717, 1.165) is 4.47 Å². The van der Waals surface area contributed by atoms with Crippen LogP contribution in [0.3, 0.4) is 0 Å². The van der Waals surface area contributed by atoms with Crippen LogP contribution in [0, 0.1) is 0 Å². The fourth-order valence-electron chi connectivity index (χ4n) is 2.78. The number of rotatable bonds is 9. The Labute approximate surface area is 208 Å². The molecule has 0 aliphatic heterocycles. The third-order valence-corrected chi connectivity index (χ3v) is 6.79. The zero-order valence-electron chi connectivity index (χ0n) is 17.4. The molecule has 10 heteroatoms. The molecule has 3 aromatic carbocycles. The summed E-state index contributed by atoms with van der Waals surface area (Å²) in [4.78, 5) is 24.4. The second kappa shape index (κ2) is 11.0. The van der Waals surface area contributed by atoms with Gasteiger partial charge in [0, 0.05) is 20.2 Å². The van der Waals surface area contributed by atoms with Gasteiger partial charge in [-0.15, -0.1) is 0 Å². The van der Waals surface area contributed by atoms with Gasteiger partial charge in [-0.3, -0.25) is 9.52 Å². The molecule has 3 aromatic rings. The van der Waals surface area contributed by atoms with E-state index in [9.17, 15) is 18.0 Å². The molecule has 0 saturated carbocycles. The van der Waals surface area contributed by atoms with E-state index in [1.807, 2.05) is 0 Å². The summed E-state index contributed by atoms with van der Waals surface area (Å²) in [5.74, 6) is -0.802. The first-order valence-corrected chi connectivity index (χ1v) is 12.8. The van der Waals surface area contributed by atoms with Crippen LogP contribution in [0.25, 0.3) is 0 Å². The Kier molecular flexibility index (Phi) is 8.28.